The van der Waals surface area contributed by atoms with Crippen LogP contribution in [0.4, 0.5) is 0 Å². The highest BCUT2D eigenvalue weighted by Gasteiger charge is 2.35. The van der Waals surface area contributed by atoms with E-state index in [9.17, 15) is 0 Å². The number of benzene rings is 6. The average molecular weight is 578 g/mol. The van der Waals surface area contributed by atoms with Gasteiger partial charge in [-0.25, -0.2) is 4.98 Å². The summed E-state index contributed by atoms with van der Waals surface area (Å²) in [5.41, 5.74) is 10.6. The molecule has 9 aromatic rings. The molecule has 0 spiro atoms. The molecule has 0 bridgehead atoms. The average Bonchev–Trinajstić information content (AvgIpc) is 3.68. The zero-order valence-corrected chi connectivity index (χ0v) is 24.9. The topological polar surface area (TPSA) is 43.9 Å². The maximum absolute atomic E-state index is 6.47. The van der Waals surface area contributed by atoms with Gasteiger partial charge in [0.05, 0.1) is 22.1 Å². The van der Waals surface area contributed by atoms with Gasteiger partial charge in [-0.1, -0.05) is 111 Å². The molecule has 212 valence electrons. The van der Waals surface area contributed by atoms with E-state index in [1.807, 2.05) is 12.1 Å². The molecule has 0 saturated carbocycles. The van der Waals surface area contributed by atoms with Crippen molar-refractivity contribution in [3.63, 3.8) is 0 Å². The number of furan rings is 1. The summed E-state index contributed by atoms with van der Waals surface area (Å²) in [7, 11) is 0. The minimum Gasteiger partial charge on any atom is -0.437 e. The van der Waals surface area contributed by atoms with Crippen molar-refractivity contribution in [1.29, 1.82) is 0 Å². The number of hydrogen-bond donors (Lipinski definition) is 0. The van der Waals surface area contributed by atoms with Crippen molar-refractivity contribution in [2.24, 2.45) is 0 Å². The monoisotopic (exact) mass is 577 g/mol. The Balaban J connectivity index is 1.31. The lowest BCUT2D eigenvalue weighted by Gasteiger charge is -2.21. The normalized spacial score (nSPS) is 13.7. The Hall–Kier alpha value is -5.74. The quantitative estimate of drug-likeness (QED) is 0.205. The van der Waals surface area contributed by atoms with Gasteiger partial charge in [-0.3, -0.25) is 4.57 Å². The van der Waals surface area contributed by atoms with Gasteiger partial charge in [0.1, 0.15) is 5.58 Å². The predicted molar refractivity (Wildman–Crippen MR) is 184 cm³/mol. The summed E-state index contributed by atoms with van der Waals surface area (Å²) in [4.78, 5) is 10.6. The zero-order chi connectivity index (χ0) is 29.9. The highest BCUT2D eigenvalue weighted by molar-refractivity contribution is 6.14. The van der Waals surface area contributed by atoms with Crippen LogP contribution in [-0.4, -0.2) is 14.5 Å². The molecular formula is C41H27N3O. The number of hydrogen-bond acceptors (Lipinski definition) is 3. The van der Waals surface area contributed by atoms with Crippen molar-refractivity contribution in [2.45, 2.75) is 19.3 Å². The maximum Gasteiger partial charge on any atom is 0.238 e. The first kappa shape index (κ1) is 24.7. The molecule has 0 aliphatic heterocycles. The maximum atomic E-state index is 6.47. The molecule has 4 heteroatoms. The predicted octanol–water partition coefficient (Wildman–Crippen LogP) is 10.6. The van der Waals surface area contributed by atoms with E-state index in [1.54, 1.807) is 0 Å². The van der Waals surface area contributed by atoms with Crippen molar-refractivity contribution in [3.8, 4) is 28.3 Å². The van der Waals surface area contributed by atoms with Crippen LogP contribution in [0.15, 0.2) is 132 Å². The lowest BCUT2D eigenvalue weighted by Crippen LogP contribution is -2.14. The van der Waals surface area contributed by atoms with Crippen LogP contribution in [0.1, 0.15) is 25.0 Å². The Morgan fingerprint density at radius 1 is 0.578 bits per heavy atom. The van der Waals surface area contributed by atoms with Gasteiger partial charge < -0.3 is 4.42 Å². The fourth-order valence-corrected chi connectivity index (χ4v) is 7.66. The second kappa shape index (κ2) is 8.67. The van der Waals surface area contributed by atoms with Crippen LogP contribution in [0.2, 0.25) is 0 Å². The largest absolute Gasteiger partial charge is 0.437 e. The van der Waals surface area contributed by atoms with Crippen LogP contribution < -0.4 is 0 Å². The van der Waals surface area contributed by atoms with Gasteiger partial charge in [0.2, 0.25) is 11.7 Å². The van der Waals surface area contributed by atoms with Crippen LogP contribution in [0.3, 0.4) is 0 Å². The van der Waals surface area contributed by atoms with Crippen LogP contribution in [0.25, 0.3) is 83.0 Å². The van der Waals surface area contributed by atoms with Crippen molar-refractivity contribution in [3.05, 3.63) is 139 Å². The van der Waals surface area contributed by atoms with Crippen molar-refractivity contribution < 1.29 is 4.42 Å². The van der Waals surface area contributed by atoms with E-state index in [4.69, 9.17) is 14.4 Å². The minimum atomic E-state index is -0.0648. The summed E-state index contributed by atoms with van der Waals surface area (Å²) >= 11 is 0. The van der Waals surface area contributed by atoms with E-state index < -0.39 is 0 Å². The smallest absolute Gasteiger partial charge is 0.238 e. The lowest BCUT2D eigenvalue weighted by molar-refractivity contribution is 0.651. The zero-order valence-electron chi connectivity index (χ0n) is 24.9. The molecule has 3 aromatic heterocycles. The number of rotatable bonds is 2. The number of fused-ring (bicyclic) bond motifs is 10. The highest BCUT2D eigenvalue weighted by atomic mass is 16.3. The molecule has 0 fully saturated rings. The molecule has 10 rings (SSSR count). The molecule has 3 heterocycles. The third kappa shape index (κ3) is 3.31. The highest BCUT2D eigenvalue weighted by Crippen LogP contribution is 2.50. The van der Waals surface area contributed by atoms with Gasteiger partial charge in [0, 0.05) is 27.1 Å². The molecule has 0 N–H and O–H groups in total. The fraction of sp³-hybridized carbons (Fsp3) is 0.0732. The lowest BCUT2D eigenvalue weighted by atomic mass is 9.82. The first-order valence-corrected chi connectivity index (χ1v) is 15.4. The van der Waals surface area contributed by atoms with Gasteiger partial charge in [-0.15, -0.1) is 0 Å². The van der Waals surface area contributed by atoms with Crippen LogP contribution in [0.5, 0.6) is 0 Å². The fourth-order valence-electron chi connectivity index (χ4n) is 7.66. The Kier molecular flexibility index (Phi) is 4.76. The van der Waals surface area contributed by atoms with E-state index in [-0.39, 0.29) is 5.41 Å². The van der Waals surface area contributed by atoms with Crippen molar-refractivity contribution in [2.75, 3.05) is 0 Å². The van der Waals surface area contributed by atoms with Crippen molar-refractivity contribution >= 4 is 54.6 Å². The SMILES string of the molecule is CC1(C)c2ccccc2-c2cc(-c3nc(-n4c5ccccc5c5cc6ccccc6cc54)nc4oc5ccccc5c34)ccc21. The second-order valence-corrected chi connectivity index (χ2v) is 12.7. The Morgan fingerprint density at radius 2 is 1.29 bits per heavy atom. The molecule has 1 aliphatic rings. The molecule has 1 aliphatic carbocycles. The summed E-state index contributed by atoms with van der Waals surface area (Å²) in [5.74, 6) is 0.597. The molecule has 0 unspecified atom stereocenters. The summed E-state index contributed by atoms with van der Waals surface area (Å²) < 4.78 is 8.66. The minimum absolute atomic E-state index is 0.0648. The van der Waals surface area contributed by atoms with Gasteiger partial charge in [-0.2, -0.15) is 4.98 Å². The molecule has 6 aromatic carbocycles. The van der Waals surface area contributed by atoms with Gasteiger partial charge in [0.15, 0.2) is 0 Å². The first-order chi connectivity index (χ1) is 22.1. The van der Waals surface area contributed by atoms with Gasteiger partial charge in [-0.05, 0) is 63.4 Å². The summed E-state index contributed by atoms with van der Waals surface area (Å²) in [6.07, 6.45) is 0. The molecule has 4 nitrogen and oxygen atoms in total. The van der Waals surface area contributed by atoms with Crippen LogP contribution in [0, 0.1) is 0 Å². The molecule has 45 heavy (non-hydrogen) atoms. The Morgan fingerprint density at radius 3 is 2.18 bits per heavy atom. The van der Waals surface area contributed by atoms with Crippen LogP contribution >= 0.6 is 0 Å². The standard InChI is InChI=1S/C41H27N3O/c1-41(2)32-16-8-5-13-27(32)30-22-26(19-20-33(30)41)38-37-29-15-7-10-18-36(29)45-39(37)43-40(42-38)44-34-17-9-6-14-28(34)31-21-24-11-3-4-12-25(24)23-35(31)44/h3-23H,1-2H3. The summed E-state index contributed by atoms with van der Waals surface area (Å²) in [5, 5.41) is 6.69. The Bertz CT molecular complexity index is 2690. The number of para-hydroxylation sites is 2. The molecule has 0 amide bonds. The van der Waals surface area contributed by atoms with E-state index in [0.717, 1.165) is 38.6 Å². The van der Waals surface area contributed by atoms with Crippen molar-refractivity contribution in [1.82, 2.24) is 14.5 Å². The molecule has 0 radical (unpaired) electrons. The molecule has 0 saturated heterocycles. The Labute approximate surface area is 259 Å². The summed E-state index contributed by atoms with van der Waals surface area (Å²) in [6, 6.07) is 45.3. The molecular weight excluding hydrogens is 550 g/mol. The third-order valence-corrected chi connectivity index (χ3v) is 9.82. The second-order valence-electron chi connectivity index (χ2n) is 12.7. The molecule has 0 atom stereocenters. The van der Waals surface area contributed by atoms with E-state index in [1.165, 1.54) is 43.8 Å². The van der Waals surface area contributed by atoms with Crippen LogP contribution in [-0.2, 0) is 5.41 Å². The number of nitrogens with zero attached hydrogens (tertiary/aromatic N) is 3. The van der Waals surface area contributed by atoms with E-state index >= 15 is 0 Å². The van der Waals surface area contributed by atoms with Gasteiger partial charge in [0.25, 0.3) is 0 Å². The third-order valence-electron chi connectivity index (χ3n) is 9.82. The van der Waals surface area contributed by atoms with E-state index in [0.29, 0.717) is 11.7 Å². The first-order valence-electron chi connectivity index (χ1n) is 15.4. The number of aromatic nitrogens is 3. The van der Waals surface area contributed by atoms with Gasteiger partial charge >= 0.3 is 0 Å². The summed E-state index contributed by atoms with van der Waals surface area (Å²) in [6.45, 7) is 4.63. The van der Waals surface area contributed by atoms with E-state index in [2.05, 4.69) is 134 Å².